The van der Waals surface area contributed by atoms with Crippen LogP contribution in [0.5, 0.6) is 0 Å². The number of nitrogens with zero attached hydrogens (tertiary/aromatic N) is 1. The topological polar surface area (TPSA) is 73.5 Å². The molecule has 0 saturated heterocycles. The lowest BCUT2D eigenvalue weighted by Crippen LogP contribution is -2.30. The minimum absolute atomic E-state index is 0.351. The third-order valence-corrected chi connectivity index (χ3v) is 3.06. The van der Waals surface area contributed by atoms with Gasteiger partial charge in [0.1, 0.15) is 0 Å². The summed E-state index contributed by atoms with van der Waals surface area (Å²) in [6.45, 7) is 6.35. The Morgan fingerprint density at radius 2 is 2.00 bits per heavy atom. The largest absolute Gasteiger partial charge is 0.286 e. The Kier molecular flexibility index (Phi) is 3.69. The smallest absolute Gasteiger partial charge is 0.269 e. The van der Waals surface area contributed by atoms with Crippen molar-refractivity contribution in [3.63, 3.8) is 0 Å². The summed E-state index contributed by atoms with van der Waals surface area (Å²) in [7, 11) is -3.66. The molecule has 0 rings (SSSR count). The van der Waals surface area contributed by atoms with Crippen LogP contribution in [0.2, 0.25) is 0 Å². The average molecular weight is 187 g/mol. The Hall–Kier alpha value is -1.10. The fourth-order valence-corrected chi connectivity index (χ4v) is 1.81. The lowest BCUT2D eigenvalue weighted by molar-refractivity contribution is -0.117. The molecule has 0 fully saturated rings. The highest BCUT2D eigenvalue weighted by molar-refractivity contribution is 7.93. The summed E-state index contributed by atoms with van der Waals surface area (Å²) in [5.41, 5.74) is 8.45. The molecule has 0 N–H and O–H groups in total. The zero-order valence-corrected chi connectivity index (χ0v) is 7.25. The monoisotopic (exact) mass is 187 g/mol. The molecule has 0 aliphatic heterocycles. The quantitative estimate of drug-likeness (QED) is 0.556. The Labute approximate surface area is 71.7 Å². The van der Waals surface area contributed by atoms with Crippen molar-refractivity contribution in [1.29, 1.82) is 0 Å². The summed E-state index contributed by atoms with van der Waals surface area (Å²) in [5, 5.41) is -1.53. The molecule has 0 heterocycles. The molecule has 0 saturated carbocycles. The van der Waals surface area contributed by atoms with Gasteiger partial charge in [-0.05, 0) is 0 Å². The number of carbonyl (C=O) groups is 1. The van der Waals surface area contributed by atoms with Gasteiger partial charge in [0.15, 0.2) is 15.1 Å². The van der Waals surface area contributed by atoms with E-state index in [9.17, 15) is 13.2 Å². The van der Waals surface area contributed by atoms with Crippen LogP contribution in [0, 0.1) is 0 Å². The third kappa shape index (κ3) is 2.50. The molecule has 1 atom stereocenters. The molecular formula is C7H9NO3S. The molecule has 12 heavy (non-hydrogen) atoms. The summed E-state index contributed by atoms with van der Waals surface area (Å²) in [6.07, 6.45) is 2.04. The second-order valence-corrected chi connectivity index (χ2v) is 4.28. The van der Waals surface area contributed by atoms with E-state index in [1.165, 1.54) is 0 Å². The summed E-state index contributed by atoms with van der Waals surface area (Å²) in [4.78, 5) is 10.4. The second-order valence-electron chi connectivity index (χ2n) is 2.11. The molecule has 0 aromatic carbocycles. The van der Waals surface area contributed by atoms with Crippen LogP contribution < -0.4 is 5.73 Å². The maximum Gasteiger partial charge on any atom is 0.286 e. The van der Waals surface area contributed by atoms with Crippen molar-refractivity contribution in [2.24, 2.45) is 0 Å². The Morgan fingerprint density at radius 3 is 2.25 bits per heavy atom. The third-order valence-electron chi connectivity index (χ3n) is 1.19. The number of sulfone groups is 1. The normalized spacial score (nSPS) is 13.3. The molecular weight excluding hydrogens is 178 g/mol. The van der Waals surface area contributed by atoms with Crippen LogP contribution in [0.4, 0.5) is 0 Å². The van der Waals surface area contributed by atoms with Crippen molar-refractivity contribution in [2.45, 2.75) is 5.25 Å². The highest BCUT2D eigenvalue weighted by Crippen LogP contribution is 2.03. The number of carbonyl (C=O) groups excluding carboxylic acids is 1. The Morgan fingerprint density at radius 1 is 1.50 bits per heavy atom. The molecule has 0 aromatic rings. The van der Waals surface area contributed by atoms with E-state index in [1.807, 2.05) is 0 Å². The van der Waals surface area contributed by atoms with Crippen LogP contribution in [0.15, 0.2) is 25.3 Å². The lowest BCUT2D eigenvalue weighted by atomic mass is 10.4. The van der Waals surface area contributed by atoms with Crippen LogP contribution in [0.3, 0.4) is 0 Å². The van der Waals surface area contributed by atoms with Crippen LogP contribution in [-0.2, 0) is 14.6 Å². The van der Waals surface area contributed by atoms with Gasteiger partial charge in [-0.1, -0.05) is 12.2 Å². The fourth-order valence-electron chi connectivity index (χ4n) is 0.669. The summed E-state index contributed by atoms with van der Waals surface area (Å²) in [6, 6.07) is 0. The highest BCUT2D eigenvalue weighted by atomic mass is 32.2. The fraction of sp³-hybridized carbons (Fsp3) is 0.286. The van der Waals surface area contributed by atoms with Gasteiger partial charge in [-0.3, -0.25) is 4.79 Å². The lowest BCUT2D eigenvalue weighted by Gasteiger charge is -2.05. The summed E-state index contributed by atoms with van der Waals surface area (Å²) < 4.78 is 22.2. The molecule has 0 spiro atoms. The molecule has 1 amide bonds. The second kappa shape index (κ2) is 4.06. The van der Waals surface area contributed by atoms with Gasteiger partial charge in [-0.25, -0.2) is 8.42 Å². The first kappa shape index (κ1) is 10.9. The summed E-state index contributed by atoms with van der Waals surface area (Å²) in [5.74, 6) is -1.76. The van der Waals surface area contributed by atoms with Crippen LogP contribution >= 0.6 is 0 Å². The predicted octanol–water partition coefficient (Wildman–Crippen LogP) is -0.263. The van der Waals surface area contributed by atoms with Gasteiger partial charge in [0, 0.05) is 0 Å². The van der Waals surface area contributed by atoms with E-state index < -0.39 is 21.0 Å². The van der Waals surface area contributed by atoms with Gasteiger partial charge in [0.25, 0.3) is 5.91 Å². The van der Waals surface area contributed by atoms with Crippen LogP contribution in [-0.4, -0.2) is 25.3 Å². The maximum absolute atomic E-state index is 11.1. The molecule has 5 heteroatoms. The van der Waals surface area contributed by atoms with Crippen molar-refractivity contribution in [2.75, 3.05) is 5.75 Å². The van der Waals surface area contributed by atoms with Crippen LogP contribution in [0.25, 0.3) is 0 Å². The van der Waals surface area contributed by atoms with E-state index in [4.69, 9.17) is 5.73 Å². The molecule has 0 bridgehead atoms. The average Bonchev–Trinajstić information content (AvgIpc) is 1.86. The van der Waals surface area contributed by atoms with Gasteiger partial charge in [-0.15, -0.1) is 18.9 Å². The summed E-state index contributed by atoms with van der Waals surface area (Å²) >= 11 is 0. The van der Waals surface area contributed by atoms with Crippen LogP contribution in [0.1, 0.15) is 0 Å². The van der Waals surface area contributed by atoms with E-state index in [0.29, 0.717) is 0 Å². The molecule has 66 valence electrons. The minimum Gasteiger partial charge on any atom is -0.269 e. The van der Waals surface area contributed by atoms with Gasteiger partial charge in [0.05, 0.1) is 5.75 Å². The van der Waals surface area contributed by atoms with Crippen molar-refractivity contribution in [3.05, 3.63) is 25.3 Å². The first-order chi connectivity index (χ1) is 5.45. The van der Waals surface area contributed by atoms with Crippen molar-refractivity contribution < 1.29 is 13.2 Å². The van der Waals surface area contributed by atoms with E-state index in [-0.39, 0.29) is 5.75 Å². The number of hydrogen-bond acceptors (Lipinski definition) is 3. The minimum atomic E-state index is -3.66. The highest BCUT2D eigenvalue weighted by Gasteiger charge is 2.27. The zero-order chi connectivity index (χ0) is 9.78. The van der Waals surface area contributed by atoms with Gasteiger partial charge in [-0.2, -0.15) is 0 Å². The first-order valence-electron chi connectivity index (χ1n) is 3.13. The zero-order valence-electron chi connectivity index (χ0n) is 6.43. The number of amides is 1. The Bertz CT molecular complexity index is 292. The molecule has 2 radical (unpaired) electrons. The SMILES string of the molecule is C=CCS(=O)(=O)C(C=C)C([N])=O. The van der Waals surface area contributed by atoms with Gasteiger partial charge >= 0.3 is 0 Å². The maximum atomic E-state index is 11.1. The molecule has 4 nitrogen and oxygen atoms in total. The van der Waals surface area contributed by atoms with E-state index >= 15 is 0 Å². The molecule has 0 aliphatic carbocycles. The standard InChI is InChI=1S/C7H9NO3S/c1-3-5-12(10,11)6(4-2)7(8)9/h3-4,6H,1-2,5H2. The van der Waals surface area contributed by atoms with E-state index in [2.05, 4.69) is 13.2 Å². The van der Waals surface area contributed by atoms with Crippen molar-refractivity contribution in [3.8, 4) is 0 Å². The number of rotatable bonds is 5. The number of hydrogen-bond donors (Lipinski definition) is 0. The van der Waals surface area contributed by atoms with Gasteiger partial charge < -0.3 is 0 Å². The molecule has 1 unspecified atom stereocenters. The van der Waals surface area contributed by atoms with Crippen molar-refractivity contribution in [1.82, 2.24) is 5.73 Å². The predicted molar refractivity (Wildman–Crippen MR) is 45.1 cm³/mol. The van der Waals surface area contributed by atoms with E-state index in [1.54, 1.807) is 0 Å². The molecule has 0 aromatic heterocycles. The molecule has 0 aliphatic rings. The van der Waals surface area contributed by atoms with E-state index in [0.717, 1.165) is 12.2 Å². The van der Waals surface area contributed by atoms with Crippen molar-refractivity contribution >= 4 is 15.7 Å². The van der Waals surface area contributed by atoms with Gasteiger partial charge in [0.2, 0.25) is 0 Å². The Balaban J connectivity index is 4.84. The first-order valence-corrected chi connectivity index (χ1v) is 4.85.